The summed E-state index contributed by atoms with van der Waals surface area (Å²) in [7, 11) is -2.19. The number of nitrogens with one attached hydrogen (secondary N) is 1. The summed E-state index contributed by atoms with van der Waals surface area (Å²) in [5, 5.41) is 2.74. The normalized spacial score (nSPS) is 12.7. The first kappa shape index (κ1) is 24.5. The lowest BCUT2D eigenvalue weighted by Crippen LogP contribution is -2.48. The predicted molar refractivity (Wildman–Crippen MR) is 123 cm³/mol. The number of rotatable bonds is 9. The van der Waals surface area contributed by atoms with E-state index in [4.69, 9.17) is 9.47 Å². The first-order chi connectivity index (χ1) is 14.4. The number of amides is 1. The van der Waals surface area contributed by atoms with Gasteiger partial charge in [0.15, 0.2) is 0 Å². The van der Waals surface area contributed by atoms with Gasteiger partial charge in [-0.15, -0.1) is 0 Å². The third-order valence-corrected chi connectivity index (χ3v) is 6.03. The molecule has 1 amide bonds. The summed E-state index contributed by atoms with van der Waals surface area (Å²) in [6.45, 7) is 8.49. The Hall–Kier alpha value is -2.74. The van der Waals surface area contributed by atoms with Crippen LogP contribution in [-0.2, 0) is 20.2 Å². The maximum absolute atomic E-state index is 12.6. The lowest BCUT2D eigenvalue weighted by Gasteiger charge is -2.28. The minimum atomic E-state index is -3.69. The van der Waals surface area contributed by atoms with Crippen LogP contribution in [0.5, 0.6) is 11.5 Å². The lowest BCUT2D eigenvalue weighted by atomic mass is 9.87. The second-order valence-electron chi connectivity index (χ2n) is 8.35. The summed E-state index contributed by atoms with van der Waals surface area (Å²) < 4.78 is 36.7. The van der Waals surface area contributed by atoms with E-state index in [-0.39, 0.29) is 18.6 Å². The van der Waals surface area contributed by atoms with E-state index in [1.165, 1.54) is 12.7 Å². The molecule has 7 nitrogen and oxygen atoms in total. The van der Waals surface area contributed by atoms with Crippen molar-refractivity contribution >= 4 is 21.6 Å². The van der Waals surface area contributed by atoms with Gasteiger partial charge in [-0.3, -0.25) is 9.10 Å². The van der Waals surface area contributed by atoms with Gasteiger partial charge in [0.2, 0.25) is 15.9 Å². The molecule has 0 saturated heterocycles. The van der Waals surface area contributed by atoms with Crippen LogP contribution in [0.1, 0.15) is 33.3 Å². The van der Waals surface area contributed by atoms with Crippen molar-refractivity contribution in [1.82, 2.24) is 5.32 Å². The molecule has 170 valence electrons. The second-order valence-corrected chi connectivity index (χ2v) is 10.2. The van der Waals surface area contributed by atoms with E-state index in [0.29, 0.717) is 17.2 Å². The van der Waals surface area contributed by atoms with Crippen LogP contribution >= 0.6 is 0 Å². The molecule has 1 N–H and O–H groups in total. The molecule has 0 fully saturated rings. The fourth-order valence-corrected chi connectivity index (χ4v) is 4.27. The monoisotopic (exact) mass is 448 g/mol. The van der Waals surface area contributed by atoms with Crippen LogP contribution in [0.4, 0.5) is 5.69 Å². The molecule has 2 aromatic carbocycles. The fourth-order valence-electron chi connectivity index (χ4n) is 3.10. The van der Waals surface area contributed by atoms with Gasteiger partial charge in [0.25, 0.3) is 0 Å². The van der Waals surface area contributed by atoms with E-state index in [9.17, 15) is 13.2 Å². The molecule has 0 aliphatic heterocycles. The van der Waals surface area contributed by atoms with Crippen LogP contribution in [0.3, 0.4) is 0 Å². The summed E-state index contributed by atoms with van der Waals surface area (Å²) in [5.74, 6) is 0.800. The van der Waals surface area contributed by atoms with Crippen LogP contribution in [0.15, 0.2) is 48.5 Å². The molecular weight excluding hydrogens is 416 g/mol. The molecule has 0 radical (unpaired) electrons. The molecule has 0 saturated carbocycles. The molecule has 0 aliphatic rings. The molecule has 31 heavy (non-hydrogen) atoms. The van der Waals surface area contributed by atoms with E-state index < -0.39 is 22.0 Å². The van der Waals surface area contributed by atoms with Crippen LogP contribution in [0.25, 0.3) is 0 Å². The minimum absolute atomic E-state index is 0.0664. The number of methoxy groups -OCH3 is 1. The average Bonchev–Trinajstić information content (AvgIpc) is 2.70. The third kappa shape index (κ3) is 6.89. The molecule has 0 heterocycles. The summed E-state index contributed by atoms with van der Waals surface area (Å²) in [6, 6.07) is 13.5. The largest absolute Gasteiger partial charge is 0.497 e. The SMILES string of the molecule is COc1cccc(N(C(C)C(=O)NCCOc2ccc(C(C)(C)C)cc2)S(C)(=O)=O)c1. The lowest BCUT2D eigenvalue weighted by molar-refractivity contribution is -0.121. The van der Waals surface area contributed by atoms with E-state index in [0.717, 1.165) is 10.6 Å². The Morgan fingerprint density at radius 1 is 1.10 bits per heavy atom. The highest BCUT2D eigenvalue weighted by Crippen LogP contribution is 2.26. The highest BCUT2D eigenvalue weighted by atomic mass is 32.2. The van der Waals surface area contributed by atoms with Gasteiger partial charge >= 0.3 is 0 Å². The number of carbonyl (C=O) groups is 1. The molecule has 2 aromatic rings. The molecule has 1 atom stereocenters. The van der Waals surface area contributed by atoms with Crippen LogP contribution in [-0.4, -0.2) is 46.9 Å². The zero-order chi connectivity index (χ0) is 23.2. The molecular formula is C23H32N2O5S. The van der Waals surface area contributed by atoms with Crippen molar-refractivity contribution in [3.05, 3.63) is 54.1 Å². The third-order valence-electron chi connectivity index (χ3n) is 4.79. The zero-order valence-electron chi connectivity index (χ0n) is 19.0. The molecule has 0 bridgehead atoms. The van der Waals surface area contributed by atoms with E-state index in [1.54, 1.807) is 31.2 Å². The van der Waals surface area contributed by atoms with Crippen molar-refractivity contribution < 1.29 is 22.7 Å². The Morgan fingerprint density at radius 2 is 1.74 bits per heavy atom. The maximum atomic E-state index is 12.6. The van der Waals surface area contributed by atoms with Gasteiger partial charge < -0.3 is 14.8 Å². The Bertz CT molecular complexity index is 982. The number of sulfonamides is 1. The zero-order valence-corrected chi connectivity index (χ0v) is 19.8. The first-order valence-corrected chi connectivity index (χ1v) is 11.9. The summed E-state index contributed by atoms with van der Waals surface area (Å²) in [5.41, 5.74) is 1.64. The number of hydrogen-bond acceptors (Lipinski definition) is 5. The van der Waals surface area contributed by atoms with Crippen LogP contribution in [0, 0.1) is 0 Å². The van der Waals surface area contributed by atoms with Crippen LogP contribution < -0.4 is 19.1 Å². The Balaban J connectivity index is 1.96. The second kappa shape index (κ2) is 10.0. The number of nitrogens with zero attached hydrogens (tertiary/aromatic N) is 1. The van der Waals surface area contributed by atoms with E-state index in [1.807, 2.05) is 24.3 Å². The predicted octanol–water partition coefficient (Wildman–Crippen LogP) is 3.34. The van der Waals surface area contributed by atoms with Gasteiger partial charge in [-0.25, -0.2) is 8.42 Å². The molecule has 2 rings (SSSR count). The van der Waals surface area contributed by atoms with Gasteiger partial charge in [-0.2, -0.15) is 0 Å². The molecule has 0 aromatic heterocycles. The van der Waals surface area contributed by atoms with Gasteiger partial charge in [-0.1, -0.05) is 39.0 Å². The van der Waals surface area contributed by atoms with E-state index in [2.05, 4.69) is 26.1 Å². The Kier molecular flexibility index (Phi) is 7.95. The number of anilines is 1. The van der Waals surface area contributed by atoms with Crippen molar-refractivity contribution in [1.29, 1.82) is 0 Å². The fraction of sp³-hybridized carbons (Fsp3) is 0.435. The number of carbonyl (C=O) groups excluding carboxylic acids is 1. The van der Waals surface area contributed by atoms with Crippen molar-refractivity contribution in [3.63, 3.8) is 0 Å². The highest BCUT2D eigenvalue weighted by Gasteiger charge is 2.29. The number of benzene rings is 2. The first-order valence-electron chi connectivity index (χ1n) is 10.1. The smallest absolute Gasteiger partial charge is 0.243 e. The standard InChI is InChI=1S/C23H32N2O5S/c1-17(25(31(6,27)28)19-8-7-9-21(16-19)29-5)22(26)24-14-15-30-20-12-10-18(11-13-20)23(2,3)4/h7-13,16-17H,14-15H2,1-6H3,(H,24,26). The average molecular weight is 449 g/mol. The van der Waals surface area contributed by atoms with Gasteiger partial charge in [0.1, 0.15) is 24.1 Å². The topological polar surface area (TPSA) is 84.9 Å². The quantitative estimate of drug-likeness (QED) is 0.595. The highest BCUT2D eigenvalue weighted by molar-refractivity contribution is 7.92. The van der Waals surface area contributed by atoms with E-state index >= 15 is 0 Å². The van der Waals surface area contributed by atoms with Gasteiger partial charge in [-0.05, 0) is 42.2 Å². The Labute approximate surface area is 185 Å². The van der Waals surface area contributed by atoms with Crippen molar-refractivity contribution in [2.45, 2.75) is 39.2 Å². The summed E-state index contributed by atoms with van der Waals surface area (Å²) in [6.07, 6.45) is 1.07. The Morgan fingerprint density at radius 3 is 2.29 bits per heavy atom. The van der Waals surface area contributed by atoms with Crippen molar-refractivity contribution in [3.8, 4) is 11.5 Å². The van der Waals surface area contributed by atoms with Crippen LogP contribution in [0.2, 0.25) is 0 Å². The van der Waals surface area contributed by atoms with Crippen molar-refractivity contribution in [2.24, 2.45) is 0 Å². The van der Waals surface area contributed by atoms with Gasteiger partial charge in [0.05, 0.1) is 25.6 Å². The maximum Gasteiger partial charge on any atom is 0.243 e. The molecule has 0 spiro atoms. The minimum Gasteiger partial charge on any atom is -0.497 e. The number of hydrogen-bond donors (Lipinski definition) is 1. The molecule has 8 heteroatoms. The summed E-state index contributed by atoms with van der Waals surface area (Å²) in [4.78, 5) is 12.6. The van der Waals surface area contributed by atoms with Gasteiger partial charge in [0, 0.05) is 6.07 Å². The number of ether oxygens (including phenoxy) is 2. The summed E-state index contributed by atoms with van der Waals surface area (Å²) >= 11 is 0. The molecule has 1 unspecified atom stereocenters. The van der Waals surface area contributed by atoms with Crippen molar-refractivity contribution in [2.75, 3.05) is 30.8 Å². The molecule has 0 aliphatic carbocycles.